The molecule has 0 saturated carbocycles. The molecule has 2 amide bonds. The summed E-state index contributed by atoms with van der Waals surface area (Å²) in [6.45, 7) is 4.64. The highest BCUT2D eigenvalue weighted by molar-refractivity contribution is 7.16. The number of hydrogen-bond acceptors (Lipinski definition) is 3. The molecule has 1 aromatic heterocycles. The first-order chi connectivity index (χ1) is 8.22. The van der Waals surface area contributed by atoms with Gasteiger partial charge in [0.05, 0.1) is 10.4 Å². The van der Waals surface area contributed by atoms with E-state index in [4.69, 9.17) is 16.7 Å². The van der Waals surface area contributed by atoms with E-state index in [-0.39, 0.29) is 6.04 Å². The molecule has 1 unspecified atom stereocenters. The molecular formula is C11H15ClN2O3S. The van der Waals surface area contributed by atoms with Gasteiger partial charge in [-0.05, 0) is 32.9 Å². The van der Waals surface area contributed by atoms with Crippen LogP contribution in [0, 0.1) is 0 Å². The van der Waals surface area contributed by atoms with Crippen LogP contribution in [0.3, 0.4) is 0 Å². The molecule has 7 heteroatoms. The zero-order chi connectivity index (χ0) is 13.9. The van der Waals surface area contributed by atoms with Gasteiger partial charge in [0, 0.05) is 4.88 Å². The van der Waals surface area contributed by atoms with Gasteiger partial charge in [0.15, 0.2) is 0 Å². The van der Waals surface area contributed by atoms with Gasteiger partial charge in [-0.2, -0.15) is 0 Å². The fourth-order valence-electron chi connectivity index (χ4n) is 1.20. The Morgan fingerprint density at radius 1 is 1.44 bits per heavy atom. The van der Waals surface area contributed by atoms with Crippen molar-refractivity contribution in [1.29, 1.82) is 0 Å². The first-order valence-corrected chi connectivity index (χ1v) is 6.49. The van der Waals surface area contributed by atoms with Gasteiger partial charge in [-0.1, -0.05) is 11.6 Å². The Balaban J connectivity index is 2.58. The van der Waals surface area contributed by atoms with E-state index in [2.05, 4.69) is 10.6 Å². The van der Waals surface area contributed by atoms with Crippen molar-refractivity contribution >= 4 is 34.9 Å². The molecule has 1 atom stereocenters. The number of hydrogen-bond donors (Lipinski definition) is 3. The molecule has 0 aromatic carbocycles. The van der Waals surface area contributed by atoms with E-state index in [0.29, 0.717) is 4.34 Å². The minimum atomic E-state index is -1.31. The number of aliphatic carboxylic acids is 1. The summed E-state index contributed by atoms with van der Waals surface area (Å²) >= 11 is 7.17. The molecule has 0 bridgehead atoms. The minimum Gasteiger partial charge on any atom is -0.480 e. The Morgan fingerprint density at radius 3 is 2.50 bits per heavy atom. The van der Waals surface area contributed by atoms with Crippen LogP contribution in [0.1, 0.15) is 31.7 Å². The number of halogens is 1. The molecule has 5 nitrogen and oxygen atoms in total. The number of nitrogens with one attached hydrogen (secondary N) is 2. The van der Waals surface area contributed by atoms with Gasteiger partial charge in [0.1, 0.15) is 5.54 Å². The second-order valence-corrected chi connectivity index (χ2v) is 6.14. The molecule has 1 aromatic rings. The molecule has 0 spiro atoms. The zero-order valence-corrected chi connectivity index (χ0v) is 11.9. The van der Waals surface area contributed by atoms with Gasteiger partial charge in [-0.3, -0.25) is 0 Å². The molecule has 0 saturated heterocycles. The quantitative estimate of drug-likeness (QED) is 0.797. The van der Waals surface area contributed by atoms with Crippen molar-refractivity contribution in [2.75, 3.05) is 0 Å². The van der Waals surface area contributed by atoms with Crippen molar-refractivity contribution < 1.29 is 14.7 Å². The number of urea groups is 1. The predicted molar refractivity (Wildman–Crippen MR) is 71.1 cm³/mol. The molecule has 0 aliphatic rings. The Kier molecular flexibility index (Phi) is 4.59. The molecule has 0 aliphatic heterocycles. The maximum atomic E-state index is 11.6. The van der Waals surface area contributed by atoms with Crippen LogP contribution in [0.15, 0.2) is 12.1 Å². The maximum Gasteiger partial charge on any atom is 0.328 e. The Hall–Kier alpha value is -1.27. The number of amides is 2. The number of carboxylic acid groups (broad SMARTS) is 1. The predicted octanol–water partition coefficient (Wildman–Crippen LogP) is 2.62. The molecule has 3 N–H and O–H groups in total. The minimum absolute atomic E-state index is 0.230. The number of carbonyl (C=O) groups excluding carboxylic acids is 1. The van der Waals surface area contributed by atoms with Gasteiger partial charge in [-0.15, -0.1) is 11.3 Å². The number of carboxylic acids is 1. The van der Waals surface area contributed by atoms with Gasteiger partial charge < -0.3 is 15.7 Å². The molecule has 1 rings (SSSR count). The third-order valence-corrected chi connectivity index (χ3v) is 3.74. The third kappa shape index (κ3) is 3.89. The SMILES string of the molecule is CC(NC(=O)NC(C)(C)C(=O)O)c1ccc(Cl)s1. The topological polar surface area (TPSA) is 78.4 Å². The van der Waals surface area contributed by atoms with E-state index in [1.54, 1.807) is 13.0 Å². The average molecular weight is 291 g/mol. The lowest BCUT2D eigenvalue weighted by molar-refractivity contribution is -0.142. The molecule has 0 radical (unpaired) electrons. The van der Waals surface area contributed by atoms with Crippen LogP contribution < -0.4 is 10.6 Å². The van der Waals surface area contributed by atoms with Crippen molar-refractivity contribution in [3.8, 4) is 0 Å². The molecule has 1 heterocycles. The van der Waals surface area contributed by atoms with Gasteiger partial charge >= 0.3 is 12.0 Å². The lowest BCUT2D eigenvalue weighted by Crippen LogP contribution is -2.53. The second kappa shape index (κ2) is 5.58. The summed E-state index contributed by atoms with van der Waals surface area (Å²) in [5, 5.41) is 13.9. The van der Waals surface area contributed by atoms with Gasteiger partial charge in [0.25, 0.3) is 0 Å². The summed E-state index contributed by atoms with van der Waals surface area (Å²) in [7, 11) is 0. The van der Waals surface area contributed by atoms with Gasteiger partial charge in [0.2, 0.25) is 0 Å². The molecule has 18 heavy (non-hydrogen) atoms. The molecule has 0 fully saturated rings. The largest absolute Gasteiger partial charge is 0.480 e. The highest BCUT2D eigenvalue weighted by Gasteiger charge is 2.29. The molecule has 0 aliphatic carbocycles. The summed E-state index contributed by atoms with van der Waals surface area (Å²) < 4.78 is 0.643. The van der Waals surface area contributed by atoms with Crippen LogP contribution in [0.2, 0.25) is 4.34 Å². The highest BCUT2D eigenvalue weighted by Crippen LogP contribution is 2.26. The van der Waals surface area contributed by atoms with E-state index >= 15 is 0 Å². The lowest BCUT2D eigenvalue weighted by Gasteiger charge is -2.22. The monoisotopic (exact) mass is 290 g/mol. The summed E-state index contributed by atoms with van der Waals surface area (Å²) in [6.07, 6.45) is 0. The van der Waals surface area contributed by atoms with Crippen molar-refractivity contribution in [3.05, 3.63) is 21.3 Å². The van der Waals surface area contributed by atoms with Crippen LogP contribution in [-0.4, -0.2) is 22.6 Å². The standard InChI is InChI=1S/C11H15ClN2O3S/c1-6(7-4-5-8(12)18-7)13-10(17)14-11(2,3)9(15)16/h4-6H,1-3H3,(H,15,16)(H2,13,14,17). The first kappa shape index (κ1) is 14.8. The van der Waals surface area contributed by atoms with Crippen molar-refractivity contribution in [1.82, 2.24) is 10.6 Å². The van der Waals surface area contributed by atoms with E-state index < -0.39 is 17.5 Å². The normalized spacial score (nSPS) is 12.9. The second-order valence-electron chi connectivity index (χ2n) is 4.39. The summed E-state index contributed by atoms with van der Waals surface area (Å²) in [4.78, 5) is 23.4. The molecule has 100 valence electrons. The van der Waals surface area contributed by atoms with E-state index in [1.165, 1.54) is 25.2 Å². The van der Waals surface area contributed by atoms with E-state index in [1.807, 2.05) is 6.07 Å². The lowest BCUT2D eigenvalue weighted by atomic mass is 10.1. The Bertz CT molecular complexity index is 459. The zero-order valence-electron chi connectivity index (χ0n) is 10.3. The fourth-order valence-corrected chi connectivity index (χ4v) is 2.27. The van der Waals surface area contributed by atoms with Crippen LogP contribution in [0.25, 0.3) is 0 Å². The van der Waals surface area contributed by atoms with Crippen molar-refractivity contribution in [3.63, 3.8) is 0 Å². The number of rotatable bonds is 4. The number of thiophene rings is 1. The van der Waals surface area contributed by atoms with Crippen molar-refractivity contribution in [2.45, 2.75) is 32.4 Å². The number of carbonyl (C=O) groups is 2. The Morgan fingerprint density at radius 2 is 2.06 bits per heavy atom. The highest BCUT2D eigenvalue weighted by atomic mass is 35.5. The fraction of sp³-hybridized carbons (Fsp3) is 0.455. The summed E-state index contributed by atoms with van der Waals surface area (Å²) in [5.74, 6) is -1.09. The van der Waals surface area contributed by atoms with Gasteiger partial charge in [-0.25, -0.2) is 9.59 Å². The molecular weight excluding hydrogens is 276 g/mol. The van der Waals surface area contributed by atoms with E-state index in [0.717, 1.165) is 4.88 Å². The van der Waals surface area contributed by atoms with Crippen LogP contribution in [0.5, 0.6) is 0 Å². The maximum absolute atomic E-state index is 11.6. The van der Waals surface area contributed by atoms with Crippen LogP contribution in [0.4, 0.5) is 4.79 Å². The first-order valence-electron chi connectivity index (χ1n) is 5.29. The van der Waals surface area contributed by atoms with E-state index in [9.17, 15) is 9.59 Å². The van der Waals surface area contributed by atoms with Crippen molar-refractivity contribution in [2.24, 2.45) is 0 Å². The van der Waals surface area contributed by atoms with Crippen LogP contribution >= 0.6 is 22.9 Å². The summed E-state index contributed by atoms with van der Waals surface area (Å²) in [5.41, 5.74) is -1.31. The Labute approximate surface area is 114 Å². The average Bonchev–Trinajstić information content (AvgIpc) is 2.63. The van der Waals surface area contributed by atoms with Crippen LogP contribution in [-0.2, 0) is 4.79 Å². The third-order valence-electron chi connectivity index (χ3n) is 2.33. The smallest absolute Gasteiger partial charge is 0.328 e. The summed E-state index contributed by atoms with van der Waals surface area (Å²) in [6, 6.07) is 2.81.